The summed E-state index contributed by atoms with van der Waals surface area (Å²) in [4.78, 5) is 11.6. The normalized spacial score (nSPS) is 19.3. The average molecular weight is 266 g/mol. The molecule has 0 saturated heterocycles. The summed E-state index contributed by atoms with van der Waals surface area (Å²) in [6, 6.07) is 0. The highest BCUT2D eigenvalue weighted by atomic mass is 19.4. The molecule has 0 radical (unpaired) electrons. The number of ether oxygens (including phenoxy) is 2. The Hall–Kier alpha value is -1.04. The zero-order valence-corrected chi connectivity index (χ0v) is 10.3. The van der Waals surface area contributed by atoms with E-state index < -0.39 is 24.5 Å². The zero-order chi connectivity index (χ0) is 13.8. The maximum absolute atomic E-state index is 11.8. The molecule has 1 aliphatic rings. The van der Waals surface area contributed by atoms with Crippen LogP contribution in [0.2, 0.25) is 0 Å². The molecule has 0 spiro atoms. The van der Waals surface area contributed by atoms with Crippen LogP contribution >= 0.6 is 0 Å². The van der Waals surface area contributed by atoms with Crippen LogP contribution in [0.1, 0.15) is 39.0 Å². The SMILES string of the molecule is C=C(COC(F)(F)F)C(=O)OC1(C)CCCCC1. The summed E-state index contributed by atoms with van der Waals surface area (Å²) in [5.41, 5.74) is -0.907. The molecule has 0 bridgehead atoms. The van der Waals surface area contributed by atoms with Gasteiger partial charge in [-0.15, -0.1) is 13.2 Å². The molecule has 0 atom stereocenters. The fraction of sp³-hybridized carbons (Fsp3) is 0.750. The smallest absolute Gasteiger partial charge is 0.456 e. The maximum atomic E-state index is 11.8. The van der Waals surface area contributed by atoms with E-state index in [0.29, 0.717) is 0 Å². The Bertz CT molecular complexity index is 317. The minimum atomic E-state index is -4.77. The molecule has 0 aliphatic heterocycles. The summed E-state index contributed by atoms with van der Waals surface area (Å²) >= 11 is 0. The van der Waals surface area contributed by atoms with Gasteiger partial charge >= 0.3 is 12.3 Å². The maximum Gasteiger partial charge on any atom is 0.522 e. The van der Waals surface area contributed by atoms with Crippen molar-refractivity contribution in [2.75, 3.05) is 6.61 Å². The van der Waals surface area contributed by atoms with Crippen LogP contribution in [0.25, 0.3) is 0 Å². The molecular formula is C12H17F3O3. The summed E-state index contributed by atoms with van der Waals surface area (Å²) in [5.74, 6) is -0.816. The molecule has 1 aliphatic carbocycles. The molecule has 0 N–H and O–H groups in total. The number of halogens is 3. The number of alkyl halides is 3. The summed E-state index contributed by atoms with van der Waals surface area (Å²) in [7, 11) is 0. The van der Waals surface area contributed by atoms with Crippen molar-refractivity contribution in [3.05, 3.63) is 12.2 Å². The van der Waals surface area contributed by atoms with Crippen LogP contribution in [0.5, 0.6) is 0 Å². The third-order valence-electron chi connectivity index (χ3n) is 2.95. The molecule has 0 aromatic rings. The highest BCUT2D eigenvalue weighted by Gasteiger charge is 2.33. The van der Waals surface area contributed by atoms with Gasteiger partial charge in [0, 0.05) is 0 Å². The second-order valence-electron chi connectivity index (χ2n) is 4.74. The van der Waals surface area contributed by atoms with E-state index >= 15 is 0 Å². The fourth-order valence-electron chi connectivity index (χ4n) is 1.93. The van der Waals surface area contributed by atoms with Crippen LogP contribution in [0.4, 0.5) is 13.2 Å². The summed E-state index contributed by atoms with van der Waals surface area (Å²) in [6.45, 7) is 4.16. The first-order valence-electron chi connectivity index (χ1n) is 5.84. The Kier molecular flexibility index (Phi) is 4.78. The molecular weight excluding hydrogens is 249 g/mol. The number of hydrogen-bond acceptors (Lipinski definition) is 3. The van der Waals surface area contributed by atoms with Gasteiger partial charge in [-0.1, -0.05) is 13.0 Å². The van der Waals surface area contributed by atoms with Crippen molar-refractivity contribution in [1.82, 2.24) is 0 Å². The first-order valence-corrected chi connectivity index (χ1v) is 5.84. The first-order chi connectivity index (χ1) is 8.22. The fourth-order valence-corrected chi connectivity index (χ4v) is 1.93. The molecule has 1 saturated carbocycles. The second kappa shape index (κ2) is 5.73. The predicted molar refractivity (Wildman–Crippen MR) is 58.7 cm³/mol. The van der Waals surface area contributed by atoms with E-state index in [1.165, 1.54) is 0 Å². The van der Waals surface area contributed by atoms with Crippen LogP contribution in [0.15, 0.2) is 12.2 Å². The summed E-state index contributed by atoms with van der Waals surface area (Å²) in [5, 5.41) is 0. The Labute approximate surface area is 104 Å². The summed E-state index contributed by atoms with van der Waals surface area (Å²) in [6.07, 6.45) is -0.313. The van der Waals surface area contributed by atoms with E-state index in [4.69, 9.17) is 4.74 Å². The monoisotopic (exact) mass is 266 g/mol. The van der Waals surface area contributed by atoms with Crippen molar-refractivity contribution in [2.45, 2.75) is 51.0 Å². The van der Waals surface area contributed by atoms with Crippen LogP contribution in [-0.4, -0.2) is 24.5 Å². The second-order valence-corrected chi connectivity index (χ2v) is 4.74. The van der Waals surface area contributed by atoms with E-state index in [0.717, 1.165) is 32.1 Å². The molecule has 18 heavy (non-hydrogen) atoms. The van der Waals surface area contributed by atoms with Crippen molar-refractivity contribution in [2.24, 2.45) is 0 Å². The van der Waals surface area contributed by atoms with E-state index in [9.17, 15) is 18.0 Å². The largest absolute Gasteiger partial charge is 0.522 e. The molecule has 1 rings (SSSR count). The van der Waals surface area contributed by atoms with Gasteiger partial charge in [0.2, 0.25) is 0 Å². The van der Waals surface area contributed by atoms with E-state index in [-0.39, 0.29) is 5.57 Å². The van der Waals surface area contributed by atoms with Crippen molar-refractivity contribution in [1.29, 1.82) is 0 Å². The molecule has 104 valence electrons. The van der Waals surface area contributed by atoms with Gasteiger partial charge in [0.15, 0.2) is 0 Å². The quantitative estimate of drug-likeness (QED) is 0.578. The standard InChI is InChI=1S/C12H17F3O3/c1-9(8-17-12(13,14)15)10(16)18-11(2)6-4-3-5-7-11/h1,3-8H2,2H3. The van der Waals surface area contributed by atoms with Gasteiger partial charge in [-0.05, 0) is 32.6 Å². The Balaban J connectivity index is 2.42. The molecule has 0 aromatic heterocycles. The lowest BCUT2D eigenvalue weighted by Gasteiger charge is -2.33. The van der Waals surface area contributed by atoms with E-state index in [2.05, 4.69) is 11.3 Å². The lowest BCUT2D eigenvalue weighted by molar-refractivity contribution is -0.320. The van der Waals surface area contributed by atoms with Crippen molar-refractivity contribution >= 4 is 5.97 Å². The third kappa shape index (κ3) is 5.08. The van der Waals surface area contributed by atoms with Gasteiger partial charge in [0.25, 0.3) is 0 Å². The Morgan fingerprint density at radius 2 is 1.83 bits per heavy atom. The number of carbonyl (C=O) groups is 1. The van der Waals surface area contributed by atoms with Crippen molar-refractivity contribution < 1.29 is 27.4 Å². The van der Waals surface area contributed by atoms with Gasteiger partial charge in [0.1, 0.15) is 5.60 Å². The molecule has 3 nitrogen and oxygen atoms in total. The predicted octanol–water partition coefficient (Wildman–Crippen LogP) is 3.35. The van der Waals surface area contributed by atoms with Gasteiger partial charge in [-0.25, -0.2) is 4.79 Å². The first kappa shape index (κ1) is 15.0. The minimum Gasteiger partial charge on any atom is -0.456 e. The molecule has 0 heterocycles. The van der Waals surface area contributed by atoms with Gasteiger partial charge < -0.3 is 4.74 Å². The van der Waals surface area contributed by atoms with Crippen molar-refractivity contribution in [3.63, 3.8) is 0 Å². The highest BCUT2D eigenvalue weighted by Crippen LogP contribution is 2.31. The Morgan fingerprint density at radius 3 is 2.33 bits per heavy atom. The summed E-state index contributed by atoms with van der Waals surface area (Å²) < 4.78 is 44.1. The third-order valence-corrected chi connectivity index (χ3v) is 2.95. The lowest BCUT2D eigenvalue weighted by Crippen LogP contribution is -2.35. The van der Waals surface area contributed by atoms with E-state index in [1.54, 1.807) is 6.92 Å². The topological polar surface area (TPSA) is 35.5 Å². The molecule has 0 aromatic carbocycles. The molecule has 6 heteroatoms. The Morgan fingerprint density at radius 1 is 1.28 bits per heavy atom. The number of rotatable bonds is 4. The van der Waals surface area contributed by atoms with Gasteiger partial charge in [-0.2, -0.15) is 0 Å². The lowest BCUT2D eigenvalue weighted by atomic mass is 9.86. The van der Waals surface area contributed by atoms with Crippen molar-refractivity contribution in [3.8, 4) is 0 Å². The molecule has 0 unspecified atom stereocenters. The molecule has 0 amide bonds. The number of esters is 1. The van der Waals surface area contributed by atoms with E-state index in [1.807, 2.05) is 0 Å². The van der Waals surface area contributed by atoms with Crippen LogP contribution < -0.4 is 0 Å². The van der Waals surface area contributed by atoms with Crippen LogP contribution in [0, 0.1) is 0 Å². The van der Waals surface area contributed by atoms with Crippen LogP contribution in [-0.2, 0) is 14.3 Å². The number of carbonyl (C=O) groups excluding carboxylic acids is 1. The van der Waals surface area contributed by atoms with Gasteiger partial charge in [0.05, 0.1) is 12.2 Å². The number of hydrogen-bond donors (Lipinski definition) is 0. The zero-order valence-electron chi connectivity index (χ0n) is 10.3. The minimum absolute atomic E-state index is 0.320. The highest BCUT2D eigenvalue weighted by molar-refractivity contribution is 5.88. The molecule has 1 fully saturated rings. The average Bonchev–Trinajstić information content (AvgIpc) is 2.25. The van der Waals surface area contributed by atoms with Gasteiger partial charge in [-0.3, -0.25) is 4.74 Å². The van der Waals surface area contributed by atoms with Crippen LogP contribution in [0.3, 0.4) is 0 Å².